The number of amides is 1. The fourth-order valence-electron chi connectivity index (χ4n) is 6.44. The highest BCUT2D eigenvalue weighted by Gasteiger charge is 2.52. The van der Waals surface area contributed by atoms with Crippen molar-refractivity contribution in [1.82, 2.24) is 15.0 Å². The minimum Gasteiger partial charge on any atom is -0.378 e. The number of anilines is 1. The number of nitrogens with zero attached hydrogens (tertiary/aromatic N) is 6. The quantitative estimate of drug-likeness (QED) is 0.493. The van der Waals surface area contributed by atoms with E-state index in [9.17, 15) is 4.79 Å². The van der Waals surface area contributed by atoms with Crippen LogP contribution in [0.5, 0.6) is 0 Å². The summed E-state index contributed by atoms with van der Waals surface area (Å²) in [5.41, 5.74) is 3.22. The summed E-state index contributed by atoms with van der Waals surface area (Å²) >= 11 is 1.29. The number of thiazole rings is 1. The third-order valence-corrected chi connectivity index (χ3v) is 8.72. The Hall–Kier alpha value is -3.22. The van der Waals surface area contributed by atoms with Gasteiger partial charge in [-0.3, -0.25) is 14.8 Å². The van der Waals surface area contributed by atoms with Gasteiger partial charge in [-0.25, -0.2) is 9.37 Å². The Kier molecular flexibility index (Phi) is 5.60. The molecule has 2 fully saturated rings. The molecule has 0 unspecified atom stereocenters. The Labute approximate surface area is 222 Å². The van der Waals surface area contributed by atoms with E-state index in [-0.39, 0.29) is 29.7 Å². The standard InChI is InChI=1S/C26H27FN6O4S/c1-14-9-33-21-16(8-26(10-28-12-29-11-26)24(33)15(2)36-14)7-17-19(31-37-22(17)18(21)27)23-20(30-13-38-23)25(34)32-3-5-35-6-4-32/h7,10-11,13-15,24H,3-6,8-9,12H2,1-2H3/t14-,15+,24-/m0/s1. The van der Waals surface area contributed by atoms with Gasteiger partial charge in [-0.1, -0.05) is 5.16 Å². The monoisotopic (exact) mass is 538 g/mol. The molecule has 6 heterocycles. The number of rotatable bonds is 2. The van der Waals surface area contributed by atoms with Crippen molar-refractivity contribution in [3.8, 4) is 10.6 Å². The van der Waals surface area contributed by atoms with Crippen molar-refractivity contribution in [2.45, 2.75) is 38.5 Å². The predicted octanol–water partition coefficient (Wildman–Crippen LogP) is 3.20. The molecule has 0 saturated carbocycles. The van der Waals surface area contributed by atoms with Gasteiger partial charge in [0.05, 0.1) is 58.3 Å². The van der Waals surface area contributed by atoms with Gasteiger partial charge >= 0.3 is 0 Å². The summed E-state index contributed by atoms with van der Waals surface area (Å²) in [5.74, 6) is -0.639. The van der Waals surface area contributed by atoms with Crippen LogP contribution >= 0.6 is 11.3 Å². The van der Waals surface area contributed by atoms with Crippen molar-refractivity contribution in [1.29, 1.82) is 0 Å². The number of ether oxygens (including phenoxy) is 2. The lowest BCUT2D eigenvalue weighted by Crippen LogP contribution is -2.65. The van der Waals surface area contributed by atoms with E-state index in [0.29, 0.717) is 73.3 Å². The molecule has 0 bridgehead atoms. The van der Waals surface area contributed by atoms with Crippen molar-refractivity contribution in [3.63, 3.8) is 0 Å². The molecule has 1 amide bonds. The zero-order chi connectivity index (χ0) is 26.0. The third kappa shape index (κ3) is 3.53. The number of halogens is 1. The number of morpholine rings is 2. The van der Waals surface area contributed by atoms with E-state index >= 15 is 4.39 Å². The van der Waals surface area contributed by atoms with Crippen molar-refractivity contribution in [2.75, 3.05) is 44.4 Å². The Morgan fingerprint density at radius 3 is 2.79 bits per heavy atom. The highest BCUT2D eigenvalue weighted by atomic mass is 32.1. The summed E-state index contributed by atoms with van der Waals surface area (Å²) in [5, 5.41) is 4.78. The zero-order valence-electron chi connectivity index (χ0n) is 21.1. The second-order valence-electron chi connectivity index (χ2n) is 10.3. The zero-order valence-corrected chi connectivity index (χ0v) is 21.9. The van der Waals surface area contributed by atoms with Crippen LogP contribution in [-0.4, -0.2) is 91.1 Å². The Morgan fingerprint density at radius 1 is 1.21 bits per heavy atom. The lowest BCUT2D eigenvalue weighted by molar-refractivity contribution is -0.0432. The normalized spacial score (nSPS) is 26.1. The number of carbonyl (C=O) groups excluding carboxylic acids is 1. The first kappa shape index (κ1) is 23.9. The number of fused-ring (bicyclic) bond motifs is 5. The first-order valence-corrected chi connectivity index (χ1v) is 13.7. The lowest BCUT2D eigenvalue weighted by atomic mass is 9.69. The molecule has 12 heteroatoms. The van der Waals surface area contributed by atoms with Gasteiger partial charge in [0.25, 0.3) is 5.91 Å². The van der Waals surface area contributed by atoms with E-state index in [2.05, 4.69) is 25.0 Å². The smallest absolute Gasteiger partial charge is 0.274 e. The number of hydrogen-bond donors (Lipinski definition) is 0. The van der Waals surface area contributed by atoms with Gasteiger partial charge in [0.2, 0.25) is 5.58 Å². The maximum atomic E-state index is 16.4. The number of benzene rings is 1. The van der Waals surface area contributed by atoms with Gasteiger partial charge in [0.1, 0.15) is 18.1 Å². The number of carbonyl (C=O) groups is 1. The topological polar surface area (TPSA) is 106 Å². The van der Waals surface area contributed by atoms with Gasteiger partial charge in [-0.15, -0.1) is 11.3 Å². The van der Waals surface area contributed by atoms with Crippen LogP contribution in [0, 0.1) is 11.2 Å². The molecule has 0 aliphatic carbocycles. The average Bonchev–Trinajstić information content (AvgIpc) is 3.56. The molecule has 2 saturated heterocycles. The fourth-order valence-corrected chi connectivity index (χ4v) is 7.21. The Morgan fingerprint density at radius 2 is 2.00 bits per heavy atom. The molecule has 4 aliphatic rings. The minimum absolute atomic E-state index is 0.0735. The Bertz CT molecular complexity index is 1470. The highest BCUT2D eigenvalue weighted by molar-refractivity contribution is 7.13. The van der Waals surface area contributed by atoms with Gasteiger partial charge in [-0.2, -0.15) is 0 Å². The lowest BCUT2D eigenvalue weighted by Gasteiger charge is -2.54. The second-order valence-corrected chi connectivity index (χ2v) is 11.2. The molecule has 38 heavy (non-hydrogen) atoms. The van der Waals surface area contributed by atoms with E-state index in [1.54, 1.807) is 10.4 Å². The second kappa shape index (κ2) is 8.92. The van der Waals surface area contributed by atoms with Crippen molar-refractivity contribution in [3.05, 3.63) is 28.7 Å². The van der Waals surface area contributed by atoms with Crippen LogP contribution in [0.4, 0.5) is 10.1 Å². The molecular weight excluding hydrogens is 511 g/mol. The first-order valence-electron chi connectivity index (χ1n) is 12.8. The van der Waals surface area contributed by atoms with Crippen LogP contribution in [0.25, 0.3) is 21.5 Å². The van der Waals surface area contributed by atoms with E-state index in [4.69, 9.17) is 14.0 Å². The van der Waals surface area contributed by atoms with Crippen LogP contribution in [0.15, 0.2) is 26.1 Å². The first-order chi connectivity index (χ1) is 18.5. The van der Waals surface area contributed by atoms with Crippen LogP contribution in [-0.2, 0) is 15.9 Å². The van der Waals surface area contributed by atoms with E-state index in [1.165, 1.54) is 11.3 Å². The third-order valence-electron chi connectivity index (χ3n) is 7.88. The fraction of sp³-hybridized carbons (Fsp3) is 0.500. The van der Waals surface area contributed by atoms with Gasteiger partial charge in [0.15, 0.2) is 5.82 Å². The largest absolute Gasteiger partial charge is 0.378 e. The number of hydrogen-bond acceptors (Lipinski definition) is 10. The van der Waals surface area contributed by atoms with Crippen molar-refractivity contribution < 1.29 is 23.2 Å². The van der Waals surface area contributed by atoms with Crippen LogP contribution in [0.1, 0.15) is 29.9 Å². The average molecular weight is 539 g/mol. The summed E-state index contributed by atoms with van der Waals surface area (Å²) in [6, 6.07) is 1.79. The SMILES string of the molecule is C[C@H]1CN2c3c(cc4c(-c5scnc5C(=O)N5CCOCC5)noc4c3F)CC3(C=NCN=C3)[C@@H]2[C@@H](C)O1. The molecule has 0 N–H and O–H groups in total. The summed E-state index contributed by atoms with van der Waals surface area (Å²) in [7, 11) is 0. The molecule has 0 radical (unpaired) electrons. The molecule has 3 atom stereocenters. The molecule has 4 aliphatic heterocycles. The van der Waals surface area contributed by atoms with E-state index < -0.39 is 11.2 Å². The maximum absolute atomic E-state index is 16.4. The summed E-state index contributed by atoms with van der Waals surface area (Å²) in [4.78, 5) is 31.0. The molecule has 1 aromatic carbocycles. The molecule has 10 nitrogen and oxygen atoms in total. The maximum Gasteiger partial charge on any atom is 0.274 e. The van der Waals surface area contributed by atoms with Crippen LogP contribution in [0.2, 0.25) is 0 Å². The molecule has 1 spiro atoms. The van der Waals surface area contributed by atoms with Gasteiger partial charge in [0, 0.05) is 32.1 Å². The summed E-state index contributed by atoms with van der Waals surface area (Å²) < 4.78 is 33.5. The van der Waals surface area contributed by atoms with Crippen LogP contribution < -0.4 is 4.90 Å². The van der Waals surface area contributed by atoms with Crippen LogP contribution in [0.3, 0.4) is 0 Å². The molecule has 2 aromatic heterocycles. The minimum atomic E-state index is -0.524. The van der Waals surface area contributed by atoms with Crippen molar-refractivity contribution in [2.24, 2.45) is 15.4 Å². The molecule has 3 aromatic rings. The molecular formula is C26H27FN6O4S. The van der Waals surface area contributed by atoms with Gasteiger partial charge < -0.3 is 23.8 Å². The number of aromatic nitrogens is 2. The highest BCUT2D eigenvalue weighted by Crippen LogP contribution is 2.48. The number of aliphatic imine (C=N–C) groups is 2. The Balaban J connectivity index is 1.36. The predicted molar refractivity (Wildman–Crippen MR) is 141 cm³/mol. The summed E-state index contributed by atoms with van der Waals surface area (Å²) in [6.45, 7) is 6.92. The van der Waals surface area contributed by atoms with Gasteiger partial charge in [-0.05, 0) is 31.9 Å². The summed E-state index contributed by atoms with van der Waals surface area (Å²) in [6.07, 6.45) is 4.19. The van der Waals surface area contributed by atoms with E-state index in [1.807, 2.05) is 32.3 Å². The molecule has 7 rings (SSSR count). The van der Waals surface area contributed by atoms with Crippen molar-refractivity contribution >= 4 is 46.3 Å². The molecule has 198 valence electrons. The van der Waals surface area contributed by atoms with E-state index in [0.717, 1.165) is 5.56 Å².